The van der Waals surface area contributed by atoms with Crippen LogP contribution in [0.2, 0.25) is 0 Å². The van der Waals surface area contributed by atoms with Crippen LogP contribution in [-0.2, 0) is 11.3 Å². The van der Waals surface area contributed by atoms with Crippen molar-refractivity contribution in [3.8, 4) is 5.69 Å². The van der Waals surface area contributed by atoms with E-state index in [0.717, 1.165) is 34.7 Å². The Morgan fingerprint density at radius 3 is 2.78 bits per heavy atom. The number of tetrazole rings is 1. The van der Waals surface area contributed by atoms with E-state index in [1.54, 1.807) is 11.8 Å². The number of rotatable bonds is 8. The zero-order valence-electron chi connectivity index (χ0n) is 16.0. The van der Waals surface area contributed by atoms with E-state index in [1.807, 2.05) is 51.1 Å². The number of ether oxygens (including phenoxy) is 1. The lowest BCUT2D eigenvalue weighted by atomic mass is 10.2. The Morgan fingerprint density at radius 1 is 1.22 bits per heavy atom. The maximum Gasteiger partial charge on any atom is 0.214 e. The second-order valence-corrected chi connectivity index (χ2v) is 7.30. The van der Waals surface area contributed by atoms with Gasteiger partial charge in [-0.3, -0.25) is 4.79 Å². The van der Waals surface area contributed by atoms with Crippen molar-refractivity contribution in [3.05, 3.63) is 52.8 Å². The lowest BCUT2D eigenvalue weighted by Gasteiger charge is -2.08. The van der Waals surface area contributed by atoms with Crippen LogP contribution in [0.15, 0.2) is 35.5 Å². The Bertz CT molecular complexity index is 947. The molecule has 0 aliphatic carbocycles. The number of hydrogen-bond acceptors (Lipinski definition) is 6. The van der Waals surface area contributed by atoms with Crippen LogP contribution in [0.3, 0.4) is 0 Å². The summed E-state index contributed by atoms with van der Waals surface area (Å²) in [4.78, 5) is 12.8. The van der Waals surface area contributed by atoms with Crippen molar-refractivity contribution in [1.29, 1.82) is 0 Å². The molecule has 142 valence electrons. The number of aromatic nitrogens is 5. The predicted octanol–water partition coefficient (Wildman–Crippen LogP) is 3.01. The quantitative estimate of drug-likeness (QED) is 0.438. The largest absolute Gasteiger partial charge is 0.383 e. The van der Waals surface area contributed by atoms with Crippen molar-refractivity contribution in [1.82, 2.24) is 24.8 Å². The molecule has 1 aromatic carbocycles. The molecule has 2 aromatic heterocycles. The molecule has 0 spiro atoms. The van der Waals surface area contributed by atoms with E-state index >= 15 is 0 Å². The molecule has 27 heavy (non-hydrogen) atoms. The van der Waals surface area contributed by atoms with Crippen molar-refractivity contribution >= 4 is 17.5 Å². The van der Waals surface area contributed by atoms with E-state index in [4.69, 9.17) is 4.74 Å². The number of aryl methyl sites for hydroxylation is 2. The maximum atomic E-state index is 12.8. The van der Waals surface area contributed by atoms with Crippen molar-refractivity contribution in [3.63, 3.8) is 0 Å². The molecule has 0 unspecified atom stereocenters. The van der Waals surface area contributed by atoms with Gasteiger partial charge in [0.1, 0.15) is 0 Å². The van der Waals surface area contributed by atoms with E-state index in [9.17, 15) is 4.79 Å². The first-order valence-corrected chi connectivity index (χ1v) is 9.67. The minimum atomic E-state index is 0.0653. The first-order chi connectivity index (χ1) is 13.0. The molecule has 0 aliphatic rings. The van der Waals surface area contributed by atoms with Crippen LogP contribution < -0.4 is 0 Å². The van der Waals surface area contributed by atoms with Crippen LogP contribution in [0.5, 0.6) is 0 Å². The Labute approximate surface area is 162 Å². The number of benzene rings is 1. The molecule has 3 aromatic rings. The Balaban J connectivity index is 1.73. The Morgan fingerprint density at radius 2 is 2.04 bits per heavy atom. The molecule has 3 rings (SSSR count). The summed E-state index contributed by atoms with van der Waals surface area (Å²) >= 11 is 1.34. The van der Waals surface area contributed by atoms with Gasteiger partial charge in [0.25, 0.3) is 0 Å². The van der Waals surface area contributed by atoms with Crippen molar-refractivity contribution in [2.75, 3.05) is 19.5 Å². The van der Waals surface area contributed by atoms with E-state index in [2.05, 4.69) is 20.1 Å². The van der Waals surface area contributed by atoms with Crippen LogP contribution >= 0.6 is 11.8 Å². The molecule has 0 fully saturated rings. The molecule has 0 atom stereocenters. The van der Waals surface area contributed by atoms with Gasteiger partial charge in [0.2, 0.25) is 5.16 Å². The van der Waals surface area contributed by atoms with Crippen LogP contribution in [0.25, 0.3) is 5.69 Å². The van der Waals surface area contributed by atoms with Gasteiger partial charge in [-0.05, 0) is 55.0 Å². The van der Waals surface area contributed by atoms with Crippen molar-refractivity contribution < 1.29 is 9.53 Å². The average molecular weight is 385 g/mol. The summed E-state index contributed by atoms with van der Waals surface area (Å²) in [5.41, 5.74) is 4.77. The molecule has 0 amide bonds. The smallest absolute Gasteiger partial charge is 0.214 e. The molecule has 8 heteroatoms. The third kappa shape index (κ3) is 4.28. The molecule has 0 bridgehead atoms. The molecule has 2 heterocycles. The summed E-state index contributed by atoms with van der Waals surface area (Å²) < 4.78 is 8.92. The van der Waals surface area contributed by atoms with E-state index in [0.29, 0.717) is 11.8 Å². The van der Waals surface area contributed by atoms with Crippen molar-refractivity contribution in [2.45, 2.75) is 32.5 Å². The third-order valence-corrected chi connectivity index (χ3v) is 5.33. The Kier molecular flexibility index (Phi) is 6.08. The molecular weight excluding hydrogens is 362 g/mol. The number of hydrogen-bond donors (Lipinski definition) is 0. The van der Waals surface area contributed by atoms with E-state index in [1.165, 1.54) is 11.8 Å². The number of carbonyl (C=O) groups is 1. The summed E-state index contributed by atoms with van der Waals surface area (Å²) in [7, 11) is 1.68. The standard InChI is InChI=1S/C19H23N5O2S/c1-13-6-5-7-16(10-13)24-19(20-21-22-24)27-12-18(25)17-11-14(2)23(15(17)3)8-9-26-4/h5-7,10-11H,8-9,12H2,1-4H3. The van der Waals surface area contributed by atoms with Gasteiger partial charge >= 0.3 is 0 Å². The summed E-state index contributed by atoms with van der Waals surface area (Å²) in [6.45, 7) is 7.34. The highest BCUT2D eigenvalue weighted by molar-refractivity contribution is 7.99. The van der Waals surface area contributed by atoms with E-state index in [-0.39, 0.29) is 11.5 Å². The number of nitrogens with zero attached hydrogens (tertiary/aromatic N) is 5. The van der Waals surface area contributed by atoms with Gasteiger partial charge in [-0.15, -0.1) is 5.10 Å². The fourth-order valence-electron chi connectivity index (χ4n) is 3.01. The van der Waals surface area contributed by atoms with Crippen LogP contribution in [0.1, 0.15) is 27.3 Å². The second-order valence-electron chi connectivity index (χ2n) is 6.35. The first kappa shape index (κ1) is 19.3. The highest BCUT2D eigenvalue weighted by Crippen LogP contribution is 2.22. The van der Waals surface area contributed by atoms with Gasteiger partial charge in [-0.25, -0.2) is 0 Å². The number of carbonyl (C=O) groups excluding carboxylic acids is 1. The third-order valence-electron chi connectivity index (χ3n) is 4.41. The highest BCUT2D eigenvalue weighted by Gasteiger charge is 2.18. The number of Topliss-reactive ketones (excluding diaryl/α,β-unsaturated/α-hetero) is 1. The van der Waals surface area contributed by atoms with Gasteiger partial charge in [-0.2, -0.15) is 4.68 Å². The SMILES string of the molecule is COCCn1c(C)cc(C(=O)CSc2nnnn2-c2cccc(C)c2)c1C. The molecule has 0 radical (unpaired) electrons. The van der Waals surface area contributed by atoms with E-state index < -0.39 is 0 Å². The lowest BCUT2D eigenvalue weighted by molar-refractivity contribution is 0.102. The minimum Gasteiger partial charge on any atom is -0.383 e. The minimum absolute atomic E-state index is 0.0653. The fourth-order valence-corrected chi connectivity index (χ4v) is 3.78. The van der Waals surface area contributed by atoms with Gasteiger partial charge in [0.15, 0.2) is 5.78 Å². The van der Waals surface area contributed by atoms with Gasteiger partial charge in [0, 0.05) is 30.6 Å². The summed E-state index contributed by atoms with van der Waals surface area (Å²) in [5, 5.41) is 12.5. The summed E-state index contributed by atoms with van der Waals surface area (Å²) in [5.74, 6) is 0.344. The monoisotopic (exact) mass is 385 g/mol. The highest BCUT2D eigenvalue weighted by atomic mass is 32.2. The van der Waals surface area contributed by atoms with Gasteiger partial charge in [-0.1, -0.05) is 23.9 Å². The van der Waals surface area contributed by atoms with Crippen molar-refractivity contribution in [2.24, 2.45) is 0 Å². The normalized spacial score (nSPS) is 11.1. The zero-order chi connectivity index (χ0) is 19.4. The molecule has 0 saturated heterocycles. The Hall–Kier alpha value is -2.45. The topological polar surface area (TPSA) is 74.8 Å². The zero-order valence-corrected chi connectivity index (χ0v) is 16.8. The summed E-state index contributed by atoms with van der Waals surface area (Å²) in [6.07, 6.45) is 0. The van der Waals surface area contributed by atoms with Crippen LogP contribution in [-0.4, -0.2) is 50.0 Å². The molecule has 0 saturated carbocycles. The average Bonchev–Trinajstić information content (AvgIpc) is 3.23. The number of thioether (sulfide) groups is 1. The lowest BCUT2D eigenvalue weighted by Crippen LogP contribution is -2.10. The second kappa shape index (κ2) is 8.49. The molecular formula is C19H23N5O2S. The van der Waals surface area contributed by atoms with Crippen LogP contribution in [0.4, 0.5) is 0 Å². The van der Waals surface area contributed by atoms with Gasteiger partial charge < -0.3 is 9.30 Å². The number of ketones is 1. The molecule has 0 N–H and O–H groups in total. The first-order valence-electron chi connectivity index (χ1n) is 8.68. The molecule has 0 aliphatic heterocycles. The maximum absolute atomic E-state index is 12.8. The van der Waals surface area contributed by atoms with Gasteiger partial charge in [0.05, 0.1) is 18.0 Å². The predicted molar refractivity (Wildman–Crippen MR) is 105 cm³/mol. The fraction of sp³-hybridized carbons (Fsp3) is 0.368. The summed E-state index contributed by atoms with van der Waals surface area (Å²) in [6, 6.07) is 9.87. The molecule has 7 nitrogen and oxygen atoms in total. The van der Waals surface area contributed by atoms with Crippen LogP contribution in [0, 0.1) is 20.8 Å². The number of methoxy groups -OCH3 is 1.